The van der Waals surface area contributed by atoms with Crippen LogP contribution in [-0.4, -0.2) is 17.0 Å². The summed E-state index contributed by atoms with van der Waals surface area (Å²) < 4.78 is 0.928. The summed E-state index contributed by atoms with van der Waals surface area (Å²) in [7, 11) is 0. The lowest BCUT2D eigenvalue weighted by atomic mass is 10.1. The van der Waals surface area contributed by atoms with E-state index in [9.17, 15) is 9.59 Å². The number of nitrogens with one attached hydrogen (secondary N) is 2. The van der Waals surface area contributed by atoms with Gasteiger partial charge in [0.05, 0.1) is 0 Å². The van der Waals surface area contributed by atoms with Gasteiger partial charge in [-0.3, -0.25) is 14.8 Å². The van der Waals surface area contributed by atoms with Crippen LogP contribution >= 0.6 is 15.9 Å². The summed E-state index contributed by atoms with van der Waals surface area (Å²) in [5.74, 6) is -0.367. The molecule has 5 nitrogen and oxygen atoms in total. The first-order valence-electron chi connectivity index (χ1n) is 6.60. The minimum atomic E-state index is -0.364. The van der Waals surface area contributed by atoms with E-state index in [4.69, 9.17) is 5.21 Å². The Hall–Kier alpha value is -1.40. The first-order valence-corrected chi connectivity index (χ1v) is 7.39. The number of carbonyl (C=O) groups is 2. The summed E-state index contributed by atoms with van der Waals surface area (Å²) >= 11 is 3.35. The van der Waals surface area contributed by atoms with E-state index in [1.54, 1.807) is 5.48 Å². The molecule has 0 aromatic heterocycles. The molecule has 3 N–H and O–H groups in total. The molecule has 1 rings (SSSR count). The number of rotatable bonds is 8. The van der Waals surface area contributed by atoms with Crippen molar-refractivity contribution in [3.63, 3.8) is 0 Å². The van der Waals surface area contributed by atoms with Crippen molar-refractivity contribution in [2.75, 3.05) is 5.32 Å². The first kappa shape index (κ1) is 16.7. The van der Waals surface area contributed by atoms with Crippen LogP contribution in [0.2, 0.25) is 0 Å². The maximum atomic E-state index is 11.7. The Morgan fingerprint density at radius 3 is 2.30 bits per heavy atom. The fourth-order valence-electron chi connectivity index (χ4n) is 1.77. The molecule has 0 radical (unpaired) electrons. The highest BCUT2D eigenvalue weighted by atomic mass is 79.9. The van der Waals surface area contributed by atoms with Gasteiger partial charge >= 0.3 is 0 Å². The van der Waals surface area contributed by atoms with E-state index in [0.717, 1.165) is 35.8 Å². The number of carbonyl (C=O) groups excluding carboxylic acids is 2. The fraction of sp³-hybridized carbons (Fsp3) is 0.429. The Balaban J connectivity index is 2.10. The fourth-order valence-corrected chi connectivity index (χ4v) is 2.17. The van der Waals surface area contributed by atoms with Gasteiger partial charge in [-0.2, -0.15) is 0 Å². The number of hydroxylamine groups is 1. The lowest BCUT2D eigenvalue weighted by Gasteiger charge is -2.05. The minimum Gasteiger partial charge on any atom is -0.326 e. The lowest BCUT2D eigenvalue weighted by Crippen LogP contribution is -2.17. The molecule has 2 amide bonds. The van der Waals surface area contributed by atoms with Crippen molar-refractivity contribution >= 4 is 33.4 Å². The number of hydrogen-bond donors (Lipinski definition) is 3. The maximum absolute atomic E-state index is 11.7. The third-order valence-electron chi connectivity index (χ3n) is 2.79. The van der Waals surface area contributed by atoms with Gasteiger partial charge in [-0.15, -0.1) is 0 Å². The summed E-state index contributed by atoms with van der Waals surface area (Å²) in [5, 5.41) is 11.1. The van der Waals surface area contributed by atoms with E-state index < -0.39 is 0 Å². The van der Waals surface area contributed by atoms with Gasteiger partial charge in [0, 0.05) is 23.0 Å². The van der Waals surface area contributed by atoms with Gasteiger partial charge in [0.2, 0.25) is 11.8 Å². The van der Waals surface area contributed by atoms with Crippen LogP contribution in [0.15, 0.2) is 28.7 Å². The summed E-state index contributed by atoms with van der Waals surface area (Å²) in [4.78, 5) is 22.4. The van der Waals surface area contributed by atoms with Crippen LogP contribution in [0.5, 0.6) is 0 Å². The Morgan fingerprint density at radius 2 is 1.70 bits per heavy atom. The van der Waals surface area contributed by atoms with Crippen molar-refractivity contribution in [1.82, 2.24) is 5.48 Å². The molecule has 0 aliphatic rings. The summed E-state index contributed by atoms with van der Waals surface area (Å²) in [6.07, 6.45) is 4.07. The number of anilines is 1. The molecule has 110 valence electrons. The topological polar surface area (TPSA) is 78.4 Å². The Bertz CT molecular complexity index is 452. The predicted molar refractivity (Wildman–Crippen MR) is 80.4 cm³/mol. The molecule has 0 fully saturated rings. The Morgan fingerprint density at radius 1 is 1.05 bits per heavy atom. The van der Waals surface area contributed by atoms with E-state index in [-0.39, 0.29) is 11.8 Å². The molecule has 0 heterocycles. The second kappa shape index (κ2) is 9.50. The number of amides is 2. The highest BCUT2D eigenvalue weighted by Gasteiger charge is 2.03. The average Bonchev–Trinajstić information content (AvgIpc) is 2.42. The summed E-state index contributed by atoms with van der Waals surface area (Å²) in [5.41, 5.74) is 2.38. The predicted octanol–water partition coefficient (Wildman–Crippen LogP) is 3.23. The van der Waals surface area contributed by atoms with Crippen LogP contribution in [0.1, 0.15) is 38.5 Å². The molecule has 0 unspecified atom stereocenters. The number of hydrogen-bond acceptors (Lipinski definition) is 3. The zero-order valence-corrected chi connectivity index (χ0v) is 12.8. The SMILES string of the molecule is O=C(CCCCCCC(=O)Nc1cccc(Br)c1)NO. The number of unbranched alkanes of at least 4 members (excludes halogenated alkanes) is 3. The molecule has 0 bridgehead atoms. The maximum Gasteiger partial charge on any atom is 0.243 e. The highest BCUT2D eigenvalue weighted by Crippen LogP contribution is 2.16. The molecule has 1 aromatic rings. The Kier molecular flexibility index (Phi) is 7.91. The summed E-state index contributed by atoms with van der Waals surface area (Å²) in [6.45, 7) is 0. The lowest BCUT2D eigenvalue weighted by molar-refractivity contribution is -0.129. The number of halogens is 1. The van der Waals surface area contributed by atoms with Crippen molar-refractivity contribution in [3.8, 4) is 0 Å². The van der Waals surface area contributed by atoms with Gasteiger partial charge in [-0.1, -0.05) is 34.8 Å². The van der Waals surface area contributed by atoms with Crippen LogP contribution in [0, 0.1) is 0 Å². The van der Waals surface area contributed by atoms with Gasteiger partial charge < -0.3 is 5.32 Å². The molecule has 0 aliphatic heterocycles. The van der Waals surface area contributed by atoms with E-state index in [1.807, 2.05) is 24.3 Å². The molecule has 20 heavy (non-hydrogen) atoms. The molecule has 0 spiro atoms. The zero-order chi connectivity index (χ0) is 14.8. The van der Waals surface area contributed by atoms with Crippen molar-refractivity contribution in [2.45, 2.75) is 38.5 Å². The van der Waals surface area contributed by atoms with Gasteiger partial charge in [0.1, 0.15) is 0 Å². The highest BCUT2D eigenvalue weighted by molar-refractivity contribution is 9.10. The van der Waals surface area contributed by atoms with E-state index in [0.29, 0.717) is 12.8 Å². The van der Waals surface area contributed by atoms with Crippen LogP contribution in [-0.2, 0) is 9.59 Å². The largest absolute Gasteiger partial charge is 0.326 e. The molecule has 0 atom stereocenters. The third-order valence-corrected chi connectivity index (χ3v) is 3.28. The molecule has 1 aromatic carbocycles. The average molecular weight is 343 g/mol. The van der Waals surface area contributed by atoms with Gasteiger partial charge in [0.25, 0.3) is 0 Å². The van der Waals surface area contributed by atoms with Crippen molar-refractivity contribution in [1.29, 1.82) is 0 Å². The number of benzene rings is 1. The van der Waals surface area contributed by atoms with Crippen molar-refractivity contribution < 1.29 is 14.8 Å². The van der Waals surface area contributed by atoms with E-state index in [2.05, 4.69) is 21.2 Å². The second-order valence-corrected chi connectivity index (χ2v) is 5.42. The normalized spacial score (nSPS) is 10.1. The molecule has 6 heteroatoms. The van der Waals surface area contributed by atoms with Crippen molar-refractivity contribution in [3.05, 3.63) is 28.7 Å². The molecule has 0 saturated carbocycles. The van der Waals surface area contributed by atoms with E-state index >= 15 is 0 Å². The standard InChI is InChI=1S/C14H19BrN2O3/c15-11-6-5-7-12(10-11)16-13(18)8-3-1-2-4-9-14(19)17-20/h5-7,10,20H,1-4,8-9H2,(H,16,18)(H,17,19). The Labute approximate surface area is 126 Å². The van der Waals surface area contributed by atoms with Gasteiger partial charge in [-0.05, 0) is 31.0 Å². The second-order valence-electron chi connectivity index (χ2n) is 4.51. The summed E-state index contributed by atoms with van der Waals surface area (Å²) in [6, 6.07) is 7.46. The van der Waals surface area contributed by atoms with Gasteiger partial charge in [-0.25, -0.2) is 5.48 Å². The molecule has 0 aliphatic carbocycles. The van der Waals surface area contributed by atoms with Crippen molar-refractivity contribution in [2.24, 2.45) is 0 Å². The quantitative estimate of drug-likeness (QED) is 0.385. The van der Waals surface area contributed by atoms with Crippen LogP contribution < -0.4 is 10.8 Å². The van der Waals surface area contributed by atoms with Crippen LogP contribution in [0.25, 0.3) is 0 Å². The third kappa shape index (κ3) is 7.25. The molecular formula is C14H19BrN2O3. The monoisotopic (exact) mass is 342 g/mol. The molecule has 0 saturated heterocycles. The van der Waals surface area contributed by atoms with Crippen LogP contribution in [0.3, 0.4) is 0 Å². The first-order chi connectivity index (χ1) is 9.61. The smallest absolute Gasteiger partial charge is 0.243 e. The van der Waals surface area contributed by atoms with E-state index in [1.165, 1.54) is 0 Å². The minimum absolute atomic E-state index is 0.00352. The van der Waals surface area contributed by atoms with Gasteiger partial charge in [0.15, 0.2) is 0 Å². The molecular weight excluding hydrogens is 324 g/mol. The van der Waals surface area contributed by atoms with Crippen LogP contribution in [0.4, 0.5) is 5.69 Å². The zero-order valence-electron chi connectivity index (χ0n) is 11.2.